The van der Waals surface area contributed by atoms with Crippen molar-refractivity contribution in [2.24, 2.45) is 17.8 Å². The molecule has 0 spiro atoms. The van der Waals surface area contributed by atoms with Gasteiger partial charge in [-0.05, 0) is 75.2 Å². The van der Waals surface area contributed by atoms with Crippen LogP contribution in [0.1, 0.15) is 117 Å². The Kier molecular flexibility index (Phi) is 10.7. The third-order valence-electron chi connectivity index (χ3n) is 6.78. The molecule has 2 fully saturated rings. The molecule has 1 nitrogen and oxygen atoms in total. The van der Waals surface area contributed by atoms with Crippen molar-refractivity contribution in [3.05, 3.63) is 12.3 Å². The van der Waals surface area contributed by atoms with E-state index in [2.05, 4.69) is 19.9 Å². The first kappa shape index (κ1) is 20.8. The monoisotopic (exact) mass is 348 g/mol. The summed E-state index contributed by atoms with van der Waals surface area (Å²) in [6.45, 7) is 4.56. The molecule has 25 heavy (non-hydrogen) atoms. The Morgan fingerprint density at radius 3 is 2.36 bits per heavy atom. The van der Waals surface area contributed by atoms with E-state index < -0.39 is 0 Å². The fourth-order valence-electron chi connectivity index (χ4n) is 5.10. The van der Waals surface area contributed by atoms with Crippen LogP contribution in [0, 0.1) is 17.8 Å². The van der Waals surface area contributed by atoms with E-state index in [-0.39, 0.29) is 0 Å². The van der Waals surface area contributed by atoms with E-state index in [9.17, 15) is 0 Å². The zero-order valence-electron chi connectivity index (χ0n) is 17.2. The molecule has 0 aromatic heterocycles. The molecule has 0 unspecified atom stereocenters. The van der Waals surface area contributed by atoms with Crippen molar-refractivity contribution in [1.82, 2.24) is 0 Å². The minimum atomic E-state index is 0.503. The highest BCUT2D eigenvalue weighted by atomic mass is 16.5. The Balaban J connectivity index is 1.62. The van der Waals surface area contributed by atoms with Gasteiger partial charge in [-0.1, -0.05) is 65.2 Å². The lowest BCUT2D eigenvalue weighted by molar-refractivity contribution is 0.0509. The number of hydrogen-bond donors (Lipinski definition) is 0. The topological polar surface area (TPSA) is 9.23 Å². The fourth-order valence-corrected chi connectivity index (χ4v) is 5.10. The Morgan fingerprint density at radius 1 is 0.800 bits per heavy atom. The van der Waals surface area contributed by atoms with E-state index in [1.54, 1.807) is 0 Å². The van der Waals surface area contributed by atoms with Gasteiger partial charge in [-0.15, -0.1) is 0 Å². The molecule has 2 atom stereocenters. The first-order valence-corrected chi connectivity index (χ1v) is 11.6. The summed E-state index contributed by atoms with van der Waals surface area (Å²) in [5.41, 5.74) is 0. The molecule has 2 saturated carbocycles. The lowest BCUT2D eigenvalue weighted by atomic mass is 9.70. The summed E-state index contributed by atoms with van der Waals surface area (Å²) >= 11 is 0. The predicted molar refractivity (Wildman–Crippen MR) is 110 cm³/mol. The van der Waals surface area contributed by atoms with Crippen molar-refractivity contribution >= 4 is 0 Å². The van der Waals surface area contributed by atoms with Gasteiger partial charge >= 0.3 is 0 Å². The molecule has 2 rings (SSSR count). The first-order chi connectivity index (χ1) is 12.3. The Bertz CT molecular complexity index is 340. The minimum absolute atomic E-state index is 0.503. The Labute approximate surface area is 158 Å². The van der Waals surface area contributed by atoms with Gasteiger partial charge in [0.15, 0.2) is 0 Å². The molecule has 0 radical (unpaired) electrons. The maximum absolute atomic E-state index is 6.07. The van der Waals surface area contributed by atoms with Gasteiger partial charge in [-0.25, -0.2) is 0 Å². The number of ether oxygens (including phenoxy) is 1. The van der Waals surface area contributed by atoms with Crippen molar-refractivity contribution in [3.8, 4) is 0 Å². The largest absolute Gasteiger partial charge is 0.498 e. The van der Waals surface area contributed by atoms with Crippen molar-refractivity contribution in [1.29, 1.82) is 0 Å². The normalized spacial score (nSPS) is 30.6. The van der Waals surface area contributed by atoms with Gasteiger partial charge in [0.05, 0.1) is 12.4 Å². The number of unbranched alkanes of at least 4 members (excludes halogenated alkanes) is 5. The van der Waals surface area contributed by atoms with Gasteiger partial charge in [0.25, 0.3) is 0 Å². The van der Waals surface area contributed by atoms with Crippen molar-refractivity contribution < 1.29 is 4.74 Å². The summed E-state index contributed by atoms with van der Waals surface area (Å²) in [6, 6.07) is 0. The third-order valence-corrected chi connectivity index (χ3v) is 6.78. The molecule has 2 aliphatic carbocycles. The quantitative estimate of drug-likeness (QED) is 0.271. The van der Waals surface area contributed by atoms with Crippen LogP contribution in [0.25, 0.3) is 0 Å². The third kappa shape index (κ3) is 8.18. The van der Waals surface area contributed by atoms with Crippen LogP contribution in [0.15, 0.2) is 12.3 Å². The molecule has 0 bridgehead atoms. The standard InChI is InChI=1S/C24H44O/c1-3-5-7-9-12-21-15-17-22(18-16-21)23-13-11-14-24(20-23)25-19-10-8-6-4-2/h10,19,21-24H,3-9,11-18,20H2,1-2H3/t21-,22-,23-,24-/m1/s1. The van der Waals surface area contributed by atoms with Crippen molar-refractivity contribution in [3.63, 3.8) is 0 Å². The van der Waals surface area contributed by atoms with E-state index >= 15 is 0 Å². The van der Waals surface area contributed by atoms with Crippen LogP contribution in [-0.4, -0.2) is 6.10 Å². The van der Waals surface area contributed by atoms with Gasteiger partial charge < -0.3 is 4.74 Å². The van der Waals surface area contributed by atoms with E-state index in [0.29, 0.717) is 6.10 Å². The molecule has 2 aliphatic rings. The van der Waals surface area contributed by atoms with E-state index in [1.165, 1.54) is 103 Å². The highest BCUT2D eigenvalue weighted by Crippen LogP contribution is 2.41. The zero-order valence-corrected chi connectivity index (χ0v) is 17.2. The van der Waals surface area contributed by atoms with E-state index in [1.807, 2.05) is 6.26 Å². The van der Waals surface area contributed by atoms with Crippen molar-refractivity contribution in [2.45, 2.75) is 123 Å². The Morgan fingerprint density at radius 2 is 1.60 bits per heavy atom. The average Bonchev–Trinajstić information content (AvgIpc) is 2.66. The van der Waals surface area contributed by atoms with Crippen LogP contribution in [-0.2, 0) is 4.74 Å². The van der Waals surface area contributed by atoms with Crippen LogP contribution in [0.3, 0.4) is 0 Å². The lowest BCUT2D eigenvalue weighted by Gasteiger charge is -2.38. The summed E-state index contributed by atoms with van der Waals surface area (Å²) in [4.78, 5) is 0. The summed E-state index contributed by atoms with van der Waals surface area (Å²) in [5, 5.41) is 0. The summed E-state index contributed by atoms with van der Waals surface area (Å²) < 4.78 is 6.07. The van der Waals surface area contributed by atoms with Gasteiger partial charge in [0.2, 0.25) is 0 Å². The molecule has 0 aromatic rings. The van der Waals surface area contributed by atoms with Crippen LogP contribution >= 0.6 is 0 Å². The van der Waals surface area contributed by atoms with Gasteiger partial charge in [-0.3, -0.25) is 0 Å². The van der Waals surface area contributed by atoms with Crippen LogP contribution in [0.4, 0.5) is 0 Å². The molecular formula is C24H44O. The summed E-state index contributed by atoms with van der Waals surface area (Å²) in [7, 11) is 0. The molecule has 1 heteroatoms. The molecule has 0 N–H and O–H groups in total. The number of hydrogen-bond acceptors (Lipinski definition) is 1. The first-order valence-electron chi connectivity index (χ1n) is 11.6. The zero-order chi connectivity index (χ0) is 17.7. The van der Waals surface area contributed by atoms with Crippen LogP contribution in [0.5, 0.6) is 0 Å². The van der Waals surface area contributed by atoms with Gasteiger partial charge in [0, 0.05) is 0 Å². The second-order valence-corrected chi connectivity index (χ2v) is 8.83. The van der Waals surface area contributed by atoms with Gasteiger partial charge in [0.1, 0.15) is 0 Å². The average molecular weight is 349 g/mol. The van der Waals surface area contributed by atoms with Crippen molar-refractivity contribution in [2.75, 3.05) is 0 Å². The SMILES string of the molecule is CCCCC=CO[C@@H]1CCC[C@@H]([C@H]2CC[C@H](CCCCCC)CC2)C1. The second-order valence-electron chi connectivity index (χ2n) is 8.83. The fraction of sp³-hybridized carbons (Fsp3) is 0.917. The lowest BCUT2D eigenvalue weighted by Crippen LogP contribution is -2.29. The van der Waals surface area contributed by atoms with Gasteiger partial charge in [-0.2, -0.15) is 0 Å². The van der Waals surface area contributed by atoms with Crippen LogP contribution < -0.4 is 0 Å². The summed E-state index contributed by atoms with van der Waals surface area (Å²) in [6.07, 6.45) is 27.2. The molecule has 0 saturated heterocycles. The Hall–Kier alpha value is -0.460. The molecule has 0 heterocycles. The smallest absolute Gasteiger partial charge is 0.0981 e. The number of allylic oxidation sites excluding steroid dienone is 1. The molecule has 0 aromatic carbocycles. The molecule has 0 aliphatic heterocycles. The number of rotatable bonds is 11. The maximum Gasteiger partial charge on any atom is 0.0981 e. The second kappa shape index (κ2) is 12.8. The molecule has 0 amide bonds. The highest BCUT2D eigenvalue weighted by molar-refractivity contribution is 4.84. The molecule has 146 valence electrons. The van der Waals surface area contributed by atoms with E-state index in [0.717, 1.165) is 17.8 Å². The maximum atomic E-state index is 6.07. The van der Waals surface area contributed by atoms with E-state index in [4.69, 9.17) is 4.74 Å². The highest BCUT2D eigenvalue weighted by Gasteiger charge is 2.31. The van der Waals surface area contributed by atoms with Crippen LogP contribution in [0.2, 0.25) is 0 Å². The molecular weight excluding hydrogens is 304 g/mol. The predicted octanol–water partition coefficient (Wildman–Crippen LogP) is 8.04. The summed E-state index contributed by atoms with van der Waals surface area (Å²) in [5.74, 6) is 3.00. The minimum Gasteiger partial charge on any atom is -0.498 e.